The van der Waals surface area contributed by atoms with Gasteiger partial charge in [0, 0.05) is 17.4 Å². The third-order valence-corrected chi connectivity index (χ3v) is 8.05. The Kier molecular flexibility index (Phi) is 5.26. The van der Waals surface area contributed by atoms with Gasteiger partial charge in [-0.15, -0.1) is 0 Å². The van der Waals surface area contributed by atoms with Gasteiger partial charge in [-0.2, -0.15) is 0 Å². The average molecular weight is 492 g/mol. The first-order valence-corrected chi connectivity index (χ1v) is 11.9. The van der Waals surface area contributed by atoms with Gasteiger partial charge in [-0.05, 0) is 61.1 Å². The summed E-state index contributed by atoms with van der Waals surface area (Å²) in [6, 6.07) is 5.33. The summed E-state index contributed by atoms with van der Waals surface area (Å²) in [5, 5.41) is 3.32. The second-order valence-corrected chi connectivity index (χ2v) is 10.3. The minimum atomic E-state index is -0.113. The molecule has 0 spiro atoms. The lowest BCUT2D eigenvalue weighted by molar-refractivity contribution is -0.140. The number of amides is 3. The number of imide groups is 1. The summed E-state index contributed by atoms with van der Waals surface area (Å²) in [6.45, 7) is 0.472. The zero-order chi connectivity index (χ0) is 21.0. The third-order valence-electron chi connectivity index (χ3n) is 7.24. The summed E-state index contributed by atoms with van der Waals surface area (Å²) >= 11 is 9.47. The van der Waals surface area contributed by atoms with Crippen molar-refractivity contribution in [2.75, 3.05) is 11.9 Å². The van der Waals surface area contributed by atoms with Crippen LogP contribution in [0.15, 0.2) is 34.8 Å². The lowest BCUT2D eigenvalue weighted by Crippen LogP contribution is -2.40. The molecule has 4 aliphatic carbocycles. The van der Waals surface area contributed by atoms with Crippen molar-refractivity contribution in [2.24, 2.45) is 35.5 Å². The highest BCUT2D eigenvalue weighted by Crippen LogP contribution is 2.65. The van der Waals surface area contributed by atoms with Crippen LogP contribution in [0.3, 0.4) is 0 Å². The monoisotopic (exact) mass is 490 g/mol. The summed E-state index contributed by atoms with van der Waals surface area (Å²) in [5.74, 6) is 1.60. The fourth-order valence-electron chi connectivity index (χ4n) is 5.77. The number of benzene rings is 1. The molecule has 3 fully saturated rings. The molecule has 1 N–H and O–H groups in total. The number of carbonyl (C=O) groups excluding carboxylic acids is 3. The molecule has 3 amide bonds. The van der Waals surface area contributed by atoms with Gasteiger partial charge in [0.25, 0.3) is 0 Å². The van der Waals surface area contributed by atoms with Gasteiger partial charge in [0.15, 0.2) is 0 Å². The maximum absolute atomic E-state index is 12.9. The van der Waals surface area contributed by atoms with E-state index in [1.807, 2.05) is 6.07 Å². The van der Waals surface area contributed by atoms with Crippen LogP contribution in [0.5, 0.6) is 0 Å². The van der Waals surface area contributed by atoms with Gasteiger partial charge in [-0.3, -0.25) is 19.3 Å². The highest BCUT2D eigenvalue weighted by Gasteiger charge is 2.66. The van der Waals surface area contributed by atoms with Crippen LogP contribution in [0.4, 0.5) is 5.69 Å². The molecule has 6 atom stereocenters. The quantitative estimate of drug-likeness (QED) is 0.343. The van der Waals surface area contributed by atoms with Crippen LogP contribution in [0.1, 0.15) is 32.1 Å². The highest BCUT2D eigenvalue weighted by molar-refractivity contribution is 9.10. The van der Waals surface area contributed by atoms with Crippen molar-refractivity contribution in [3.63, 3.8) is 0 Å². The molecule has 0 radical (unpaired) electrons. The Morgan fingerprint density at radius 3 is 2.37 bits per heavy atom. The molecular formula is C23H24BrClN2O3. The Hall–Kier alpha value is -1.66. The molecule has 1 saturated heterocycles. The first-order valence-electron chi connectivity index (χ1n) is 10.7. The summed E-state index contributed by atoms with van der Waals surface area (Å²) in [5.41, 5.74) is 0.599. The normalized spacial score (nSPS) is 32.9. The van der Waals surface area contributed by atoms with Gasteiger partial charge in [-0.25, -0.2) is 0 Å². The van der Waals surface area contributed by atoms with Crippen molar-refractivity contribution < 1.29 is 14.4 Å². The SMILES string of the molecule is O=C(CCCCCN1C(=O)C2C3C=CC(C4CC34)C2C1=O)Nc1ccc(Br)cc1Cl. The van der Waals surface area contributed by atoms with Gasteiger partial charge in [0.1, 0.15) is 0 Å². The topological polar surface area (TPSA) is 66.5 Å². The number of rotatable bonds is 7. The second kappa shape index (κ2) is 7.79. The maximum atomic E-state index is 12.9. The van der Waals surface area contributed by atoms with E-state index in [-0.39, 0.29) is 41.4 Å². The number of allylic oxidation sites excluding steroid dienone is 2. The van der Waals surface area contributed by atoms with Crippen molar-refractivity contribution in [2.45, 2.75) is 32.1 Å². The lowest BCUT2D eigenvalue weighted by Gasteiger charge is -2.37. The van der Waals surface area contributed by atoms with E-state index in [9.17, 15) is 14.4 Å². The van der Waals surface area contributed by atoms with Gasteiger partial charge in [0.2, 0.25) is 17.7 Å². The first-order chi connectivity index (χ1) is 14.5. The Morgan fingerprint density at radius 2 is 1.73 bits per heavy atom. The van der Waals surface area contributed by atoms with Crippen LogP contribution < -0.4 is 5.32 Å². The molecule has 5 aliphatic rings. The Labute approximate surface area is 189 Å². The molecular weight excluding hydrogens is 468 g/mol. The number of nitrogens with zero attached hydrogens (tertiary/aromatic N) is 1. The van der Waals surface area contributed by atoms with Gasteiger partial charge >= 0.3 is 0 Å². The van der Waals surface area contributed by atoms with Gasteiger partial charge < -0.3 is 5.32 Å². The number of carbonyl (C=O) groups is 3. The molecule has 1 aromatic rings. The van der Waals surface area contributed by atoms with Gasteiger partial charge in [0.05, 0.1) is 22.5 Å². The largest absolute Gasteiger partial charge is 0.325 e. The zero-order valence-corrected chi connectivity index (χ0v) is 18.9. The molecule has 158 valence electrons. The van der Waals surface area contributed by atoms with E-state index in [0.717, 1.165) is 17.3 Å². The number of hydrogen-bond donors (Lipinski definition) is 1. The van der Waals surface area contributed by atoms with Crippen LogP contribution in [0, 0.1) is 35.5 Å². The maximum Gasteiger partial charge on any atom is 0.233 e. The zero-order valence-electron chi connectivity index (χ0n) is 16.5. The molecule has 1 aromatic carbocycles. The van der Waals surface area contributed by atoms with Crippen molar-refractivity contribution in [3.05, 3.63) is 39.8 Å². The summed E-state index contributed by atoms with van der Waals surface area (Å²) in [7, 11) is 0. The summed E-state index contributed by atoms with van der Waals surface area (Å²) in [4.78, 5) is 39.5. The Bertz CT molecular complexity index is 912. The van der Waals surface area contributed by atoms with Gasteiger partial charge in [-0.1, -0.05) is 46.1 Å². The fraction of sp³-hybridized carbons (Fsp3) is 0.522. The minimum Gasteiger partial charge on any atom is -0.325 e. The molecule has 1 aliphatic heterocycles. The van der Waals surface area contributed by atoms with Crippen molar-refractivity contribution >= 4 is 50.9 Å². The van der Waals surface area contributed by atoms with Crippen LogP contribution in [0.25, 0.3) is 0 Å². The summed E-state index contributed by atoms with van der Waals surface area (Å²) in [6.07, 6.45) is 8.21. The molecule has 1 heterocycles. The standard InChI is InChI=1S/C23H24BrClN2O3/c24-12-5-8-18(17(25)10-12)26-19(28)4-2-1-3-9-27-22(29)20-13-6-7-14(16-11-15(13)16)21(20)23(27)30/h5-8,10,13-16,20-21H,1-4,9,11H2,(H,26,28). The predicted molar refractivity (Wildman–Crippen MR) is 118 cm³/mol. The van der Waals surface area contributed by atoms with Crippen LogP contribution in [-0.4, -0.2) is 29.2 Å². The third kappa shape index (κ3) is 3.42. The number of nitrogens with one attached hydrogen (secondary N) is 1. The minimum absolute atomic E-state index is 0.0392. The van der Waals surface area contributed by atoms with Crippen LogP contribution in [0.2, 0.25) is 5.02 Å². The van der Waals surface area contributed by atoms with Crippen molar-refractivity contribution in [1.29, 1.82) is 0 Å². The molecule has 6 unspecified atom stereocenters. The van der Waals surface area contributed by atoms with E-state index >= 15 is 0 Å². The molecule has 2 saturated carbocycles. The average Bonchev–Trinajstić information content (AvgIpc) is 3.50. The molecule has 0 aromatic heterocycles. The lowest BCUT2D eigenvalue weighted by atomic mass is 9.63. The van der Waals surface area contributed by atoms with E-state index in [0.29, 0.717) is 41.9 Å². The van der Waals surface area contributed by atoms with E-state index in [1.54, 1.807) is 12.1 Å². The smallest absolute Gasteiger partial charge is 0.233 e. The highest BCUT2D eigenvalue weighted by atomic mass is 79.9. The Morgan fingerprint density at radius 1 is 1.07 bits per heavy atom. The summed E-state index contributed by atoms with van der Waals surface area (Å²) < 4.78 is 0.858. The van der Waals surface area contributed by atoms with E-state index < -0.39 is 0 Å². The van der Waals surface area contributed by atoms with E-state index in [1.165, 1.54) is 11.3 Å². The number of unbranched alkanes of at least 4 members (excludes halogenated alkanes) is 2. The predicted octanol–water partition coefficient (Wildman–Crippen LogP) is 4.65. The van der Waals surface area contributed by atoms with Crippen molar-refractivity contribution in [3.8, 4) is 0 Å². The first kappa shape index (κ1) is 20.3. The Balaban J connectivity index is 1.08. The number of hydrogen-bond acceptors (Lipinski definition) is 3. The van der Waals surface area contributed by atoms with E-state index in [4.69, 9.17) is 11.6 Å². The number of halogens is 2. The molecule has 6 rings (SSSR count). The van der Waals surface area contributed by atoms with Crippen LogP contribution >= 0.6 is 27.5 Å². The van der Waals surface area contributed by atoms with E-state index in [2.05, 4.69) is 33.4 Å². The fourth-order valence-corrected chi connectivity index (χ4v) is 6.50. The number of anilines is 1. The second-order valence-electron chi connectivity index (χ2n) is 8.97. The van der Waals surface area contributed by atoms with Crippen molar-refractivity contribution in [1.82, 2.24) is 4.90 Å². The molecule has 2 bridgehead atoms. The van der Waals surface area contributed by atoms with Crippen LogP contribution in [-0.2, 0) is 14.4 Å². The number of likely N-dealkylation sites (tertiary alicyclic amines) is 1. The molecule has 5 nitrogen and oxygen atoms in total. The molecule has 7 heteroatoms. The molecule has 30 heavy (non-hydrogen) atoms.